The largest absolute Gasteiger partial charge is 0.499 e. The summed E-state index contributed by atoms with van der Waals surface area (Å²) in [6.45, 7) is 11.4. The first-order chi connectivity index (χ1) is 12.4. The van der Waals surface area contributed by atoms with E-state index in [1.807, 2.05) is 6.92 Å². The molecule has 0 saturated heterocycles. The maximum Gasteiger partial charge on any atom is 0.499 e. The highest BCUT2D eigenvalue weighted by Crippen LogP contribution is 2.25. The van der Waals surface area contributed by atoms with E-state index in [2.05, 4.69) is 39.5 Å². The van der Waals surface area contributed by atoms with Crippen LogP contribution in [-0.2, 0) is 13.3 Å². The van der Waals surface area contributed by atoms with E-state index in [9.17, 15) is 0 Å². The maximum atomic E-state index is 5.08. The Morgan fingerprint density at radius 2 is 1.04 bits per heavy atom. The Morgan fingerprint density at radius 1 is 0.654 bits per heavy atom. The lowest BCUT2D eigenvalue weighted by Crippen LogP contribution is -2.41. The molecule has 0 saturated carbocycles. The summed E-state index contributed by atoms with van der Waals surface area (Å²) in [5.41, 5.74) is 0. The third-order valence-electron chi connectivity index (χ3n) is 4.76. The first-order valence-corrected chi connectivity index (χ1v) is 13.6. The molecule has 0 aliphatic heterocycles. The maximum absolute atomic E-state index is 5.08. The number of rotatable bonds is 16. The van der Waals surface area contributed by atoms with Crippen LogP contribution >= 0.6 is 11.8 Å². The zero-order chi connectivity index (χ0) is 20.3. The Balaban J connectivity index is 0. The molecule has 2 unspecified atom stereocenters. The molecule has 0 heterocycles. The minimum absolute atomic E-state index is 0.816. The molecule has 26 heavy (non-hydrogen) atoms. The molecule has 0 rings (SSSR count). The number of hydrogen-bond acceptors (Lipinski definition) is 4. The third kappa shape index (κ3) is 16.6. The first-order valence-electron chi connectivity index (χ1n) is 10.8. The number of hydrogen-bond donors (Lipinski definition) is 0. The summed E-state index contributed by atoms with van der Waals surface area (Å²) >= 11 is 2.22. The SMILES string of the molecule is CCCCCCC(C)SC(C)CCCCCC.CC[Si](OC)(OC)OC. The van der Waals surface area contributed by atoms with Gasteiger partial charge in [0.05, 0.1) is 0 Å². The Morgan fingerprint density at radius 3 is 1.27 bits per heavy atom. The van der Waals surface area contributed by atoms with Crippen LogP contribution in [0.5, 0.6) is 0 Å². The van der Waals surface area contributed by atoms with Crippen molar-refractivity contribution >= 4 is 20.6 Å². The highest BCUT2D eigenvalue weighted by molar-refractivity contribution is 8.00. The second-order valence-corrected chi connectivity index (χ2v) is 12.3. The summed E-state index contributed by atoms with van der Waals surface area (Å²) in [4.78, 5) is 0. The van der Waals surface area contributed by atoms with Gasteiger partial charge in [-0.15, -0.1) is 0 Å². The van der Waals surface area contributed by atoms with Crippen molar-refractivity contribution in [2.24, 2.45) is 0 Å². The van der Waals surface area contributed by atoms with Crippen molar-refractivity contribution in [3.8, 4) is 0 Å². The molecule has 0 aliphatic rings. The molecule has 0 aliphatic carbocycles. The van der Waals surface area contributed by atoms with Crippen molar-refractivity contribution < 1.29 is 13.3 Å². The molecule has 0 spiro atoms. The van der Waals surface area contributed by atoms with E-state index in [-0.39, 0.29) is 0 Å². The van der Waals surface area contributed by atoms with Crippen LogP contribution in [0.2, 0.25) is 6.04 Å². The predicted octanol–water partition coefficient (Wildman–Crippen LogP) is 7.32. The zero-order valence-corrected chi connectivity index (χ0v) is 20.9. The van der Waals surface area contributed by atoms with Crippen LogP contribution in [0.1, 0.15) is 98.8 Å². The van der Waals surface area contributed by atoms with Gasteiger partial charge in [0.2, 0.25) is 0 Å². The highest BCUT2D eigenvalue weighted by atomic mass is 32.2. The molecule has 0 aromatic rings. The second kappa shape index (κ2) is 20.2. The van der Waals surface area contributed by atoms with Gasteiger partial charge in [0.25, 0.3) is 0 Å². The minimum atomic E-state index is -2.19. The van der Waals surface area contributed by atoms with Crippen LogP contribution in [0.4, 0.5) is 0 Å². The lowest BCUT2D eigenvalue weighted by Gasteiger charge is -2.22. The van der Waals surface area contributed by atoms with Crippen LogP contribution in [0.25, 0.3) is 0 Å². The fourth-order valence-corrected chi connectivity index (χ4v) is 5.70. The first kappa shape index (κ1) is 28.7. The number of thioether (sulfide) groups is 1. The van der Waals surface area contributed by atoms with Crippen LogP contribution in [0, 0.1) is 0 Å². The van der Waals surface area contributed by atoms with E-state index in [1.165, 1.54) is 64.2 Å². The van der Waals surface area contributed by atoms with Gasteiger partial charge in [-0.2, -0.15) is 11.8 Å². The number of unbranched alkanes of at least 4 members (excludes halogenated alkanes) is 6. The Kier molecular flexibility index (Phi) is 22.2. The highest BCUT2D eigenvalue weighted by Gasteiger charge is 2.34. The summed E-state index contributed by atoms with van der Waals surface area (Å²) in [5.74, 6) is 0. The molecule has 0 N–H and O–H groups in total. The molecular formula is C21H48O3SSi. The Labute approximate surface area is 170 Å². The Hall–Kier alpha value is 0.447. The van der Waals surface area contributed by atoms with E-state index in [4.69, 9.17) is 13.3 Å². The van der Waals surface area contributed by atoms with Crippen molar-refractivity contribution in [1.82, 2.24) is 0 Å². The summed E-state index contributed by atoms with van der Waals surface area (Å²) in [5, 5.41) is 1.74. The molecule has 0 fully saturated rings. The molecule has 0 aromatic carbocycles. The van der Waals surface area contributed by atoms with Crippen LogP contribution in [0.3, 0.4) is 0 Å². The van der Waals surface area contributed by atoms with Crippen molar-refractivity contribution in [2.75, 3.05) is 21.3 Å². The zero-order valence-electron chi connectivity index (χ0n) is 19.1. The van der Waals surface area contributed by atoms with Gasteiger partial charge in [-0.25, -0.2) is 0 Å². The molecule has 0 bridgehead atoms. The van der Waals surface area contributed by atoms with Crippen LogP contribution in [0.15, 0.2) is 0 Å². The van der Waals surface area contributed by atoms with Crippen molar-refractivity contribution in [2.45, 2.75) is 115 Å². The minimum Gasteiger partial charge on any atom is -0.377 e. The molecule has 0 radical (unpaired) electrons. The van der Waals surface area contributed by atoms with Gasteiger partial charge in [0.1, 0.15) is 0 Å². The van der Waals surface area contributed by atoms with Crippen LogP contribution < -0.4 is 0 Å². The summed E-state index contributed by atoms with van der Waals surface area (Å²) in [7, 11) is 2.65. The van der Waals surface area contributed by atoms with Crippen molar-refractivity contribution in [1.29, 1.82) is 0 Å². The van der Waals surface area contributed by atoms with Crippen LogP contribution in [-0.4, -0.2) is 40.6 Å². The average molecular weight is 409 g/mol. The van der Waals surface area contributed by atoms with E-state index >= 15 is 0 Å². The van der Waals surface area contributed by atoms with Gasteiger partial charge < -0.3 is 13.3 Å². The molecule has 160 valence electrons. The molecule has 5 heteroatoms. The van der Waals surface area contributed by atoms with Gasteiger partial charge in [-0.1, -0.05) is 86.0 Å². The quantitative estimate of drug-likeness (QED) is 0.197. The van der Waals surface area contributed by atoms with Gasteiger partial charge in [0, 0.05) is 37.9 Å². The van der Waals surface area contributed by atoms with Gasteiger partial charge in [-0.3, -0.25) is 0 Å². The molecule has 0 aromatic heterocycles. The van der Waals surface area contributed by atoms with E-state index < -0.39 is 8.80 Å². The molecule has 0 amide bonds. The normalized spacial score (nSPS) is 13.8. The van der Waals surface area contributed by atoms with Gasteiger partial charge >= 0.3 is 8.80 Å². The molecule has 3 nitrogen and oxygen atoms in total. The van der Waals surface area contributed by atoms with E-state index in [0.29, 0.717) is 0 Å². The van der Waals surface area contributed by atoms with Gasteiger partial charge in [0.15, 0.2) is 0 Å². The molecule has 2 atom stereocenters. The van der Waals surface area contributed by atoms with E-state index in [0.717, 1.165) is 16.5 Å². The average Bonchev–Trinajstić information content (AvgIpc) is 2.65. The summed E-state index contributed by atoms with van der Waals surface area (Å²) < 4.78 is 15.2. The van der Waals surface area contributed by atoms with Crippen molar-refractivity contribution in [3.63, 3.8) is 0 Å². The summed E-state index contributed by atoms with van der Waals surface area (Å²) in [6.07, 6.45) is 14.1. The lowest BCUT2D eigenvalue weighted by atomic mass is 10.1. The van der Waals surface area contributed by atoms with E-state index in [1.54, 1.807) is 21.3 Å². The Bertz CT molecular complexity index is 242. The van der Waals surface area contributed by atoms with Gasteiger partial charge in [-0.05, 0) is 12.8 Å². The fraction of sp³-hybridized carbons (Fsp3) is 1.00. The monoisotopic (exact) mass is 408 g/mol. The lowest BCUT2D eigenvalue weighted by molar-refractivity contribution is 0.125. The smallest absolute Gasteiger partial charge is 0.377 e. The predicted molar refractivity (Wildman–Crippen MR) is 121 cm³/mol. The standard InChI is InChI=1S/C16H34S.C5H14O3Si/c1-5-7-9-11-13-15(3)17-16(4)14-12-10-8-6-2;1-5-9(6-2,7-3)8-4/h15-16H,5-14H2,1-4H3;5H2,1-4H3. The third-order valence-corrected chi connectivity index (χ3v) is 8.89. The fourth-order valence-electron chi connectivity index (χ4n) is 2.93. The second-order valence-electron chi connectivity index (χ2n) is 7.10. The topological polar surface area (TPSA) is 27.7 Å². The van der Waals surface area contributed by atoms with Crippen molar-refractivity contribution in [3.05, 3.63) is 0 Å². The summed E-state index contributed by atoms with van der Waals surface area (Å²) in [6, 6.07) is 0.816. The molecular weight excluding hydrogens is 360 g/mol.